The van der Waals surface area contributed by atoms with Crippen molar-refractivity contribution >= 4 is 11.7 Å². The Morgan fingerprint density at radius 1 is 1.33 bits per heavy atom. The molecule has 0 atom stereocenters. The molecule has 3 heterocycles. The van der Waals surface area contributed by atoms with E-state index in [2.05, 4.69) is 32.4 Å². The second-order valence-corrected chi connectivity index (χ2v) is 4.88. The van der Waals surface area contributed by atoms with E-state index in [1.165, 1.54) is 6.20 Å². The van der Waals surface area contributed by atoms with E-state index >= 15 is 0 Å². The van der Waals surface area contributed by atoms with E-state index in [-0.39, 0.29) is 5.91 Å². The van der Waals surface area contributed by atoms with Crippen LogP contribution in [0.2, 0.25) is 0 Å². The van der Waals surface area contributed by atoms with E-state index in [9.17, 15) is 4.79 Å². The second kappa shape index (κ2) is 5.86. The topological polar surface area (TPSA) is 88.8 Å². The van der Waals surface area contributed by atoms with Gasteiger partial charge in [0.25, 0.3) is 5.91 Å². The predicted molar refractivity (Wildman–Crippen MR) is 75.6 cm³/mol. The minimum absolute atomic E-state index is 0.126. The van der Waals surface area contributed by atoms with Crippen molar-refractivity contribution in [2.45, 2.75) is 26.4 Å². The molecule has 110 valence electrons. The van der Waals surface area contributed by atoms with Crippen LogP contribution in [-0.4, -0.2) is 48.6 Å². The minimum Gasteiger partial charge on any atom is -0.369 e. The molecule has 8 heteroatoms. The molecule has 2 aromatic rings. The highest BCUT2D eigenvalue weighted by Crippen LogP contribution is 2.12. The Kier molecular flexibility index (Phi) is 3.76. The largest absolute Gasteiger partial charge is 0.369 e. The number of aromatic nitrogens is 5. The summed E-state index contributed by atoms with van der Waals surface area (Å²) in [5.41, 5.74) is 0.352. The van der Waals surface area contributed by atoms with Crippen LogP contribution in [0.4, 0.5) is 5.82 Å². The van der Waals surface area contributed by atoms with Gasteiger partial charge in [0.15, 0.2) is 5.82 Å². The molecule has 1 aliphatic rings. The van der Waals surface area contributed by atoms with Crippen LogP contribution in [0.25, 0.3) is 0 Å². The lowest BCUT2D eigenvalue weighted by atomic mass is 10.3. The Hall–Kier alpha value is -2.51. The molecule has 0 fully saturated rings. The predicted octanol–water partition coefficient (Wildman–Crippen LogP) is 0.546. The van der Waals surface area contributed by atoms with Gasteiger partial charge in [-0.1, -0.05) is 6.92 Å². The van der Waals surface area contributed by atoms with Crippen molar-refractivity contribution < 1.29 is 4.79 Å². The van der Waals surface area contributed by atoms with Gasteiger partial charge in [-0.05, 0) is 6.42 Å². The van der Waals surface area contributed by atoms with Crippen molar-refractivity contribution in [1.82, 2.24) is 29.6 Å². The smallest absolute Gasteiger partial charge is 0.274 e. The quantitative estimate of drug-likeness (QED) is 0.883. The molecule has 21 heavy (non-hydrogen) atoms. The Bertz CT molecular complexity index is 622. The van der Waals surface area contributed by atoms with E-state index in [1.54, 1.807) is 17.4 Å². The first-order valence-electron chi connectivity index (χ1n) is 7.00. The van der Waals surface area contributed by atoms with Gasteiger partial charge in [0.2, 0.25) is 0 Å². The molecule has 0 radical (unpaired) electrons. The third-order valence-corrected chi connectivity index (χ3v) is 3.35. The van der Waals surface area contributed by atoms with Crippen molar-refractivity contribution in [3.63, 3.8) is 0 Å². The lowest BCUT2D eigenvalue weighted by Crippen LogP contribution is -2.38. The number of rotatable bonds is 4. The van der Waals surface area contributed by atoms with Crippen molar-refractivity contribution in [2.24, 2.45) is 0 Å². The van der Waals surface area contributed by atoms with Crippen molar-refractivity contribution in [1.29, 1.82) is 0 Å². The molecule has 0 aliphatic carbocycles. The Labute approximate surface area is 122 Å². The molecule has 0 saturated heterocycles. The summed E-state index contributed by atoms with van der Waals surface area (Å²) in [6.07, 6.45) is 5.80. The maximum Gasteiger partial charge on any atom is 0.274 e. The number of hydrogen-bond acceptors (Lipinski definition) is 6. The van der Waals surface area contributed by atoms with Crippen LogP contribution in [0.5, 0.6) is 0 Å². The van der Waals surface area contributed by atoms with Gasteiger partial charge in [0.1, 0.15) is 17.8 Å². The fourth-order valence-corrected chi connectivity index (χ4v) is 2.18. The average Bonchev–Trinajstić information content (AvgIpc) is 3.00. The van der Waals surface area contributed by atoms with Gasteiger partial charge in [-0.15, -0.1) is 10.2 Å². The van der Waals surface area contributed by atoms with E-state index in [1.807, 2.05) is 4.57 Å². The van der Waals surface area contributed by atoms with Crippen molar-refractivity contribution in [3.05, 3.63) is 30.2 Å². The summed E-state index contributed by atoms with van der Waals surface area (Å²) in [4.78, 5) is 22.5. The zero-order valence-corrected chi connectivity index (χ0v) is 11.9. The monoisotopic (exact) mass is 287 g/mol. The van der Waals surface area contributed by atoms with Gasteiger partial charge in [-0.2, -0.15) is 0 Å². The van der Waals surface area contributed by atoms with Gasteiger partial charge in [0.05, 0.1) is 18.9 Å². The number of fused-ring (bicyclic) bond motifs is 1. The molecular weight excluding hydrogens is 270 g/mol. The number of nitrogens with zero attached hydrogens (tertiary/aromatic N) is 6. The lowest BCUT2D eigenvalue weighted by molar-refractivity contribution is 0.0701. The van der Waals surface area contributed by atoms with E-state index < -0.39 is 0 Å². The van der Waals surface area contributed by atoms with Crippen LogP contribution >= 0.6 is 0 Å². The first-order valence-corrected chi connectivity index (χ1v) is 7.00. The maximum absolute atomic E-state index is 12.4. The molecule has 2 aromatic heterocycles. The summed E-state index contributed by atoms with van der Waals surface area (Å²) in [6, 6.07) is 0. The normalized spacial score (nSPS) is 13.9. The first-order chi connectivity index (χ1) is 10.3. The zero-order chi connectivity index (χ0) is 14.7. The highest BCUT2D eigenvalue weighted by Gasteiger charge is 2.23. The number of anilines is 1. The average molecular weight is 287 g/mol. The second-order valence-electron chi connectivity index (χ2n) is 4.88. The van der Waals surface area contributed by atoms with Crippen LogP contribution < -0.4 is 5.32 Å². The zero-order valence-electron chi connectivity index (χ0n) is 11.9. The molecular formula is C13H17N7O. The molecule has 0 spiro atoms. The number of carbonyl (C=O) groups is 1. The number of nitrogens with one attached hydrogen (secondary N) is 1. The van der Waals surface area contributed by atoms with Crippen molar-refractivity contribution in [2.75, 3.05) is 18.4 Å². The van der Waals surface area contributed by atoms with Crippen molar-refractivity contribution in [3.8, 4) is 0 Å². The summed E-state index contributed by atoms with van der Waals surface area (Å²) in [6.45, 7) is 4.70. The molecule has 1 aliphatic heterocycles. The Morgan fingerprint density at radius 3 is 3.00 bits per heavy atom. The maximum atomic E-state index is 12.4. The molecule has 3 rings (SSSR count). The van der Waals surface area contributed by atoms with E-state index in [0.717, 1.165) is 18.8 Å². The Morgan fingerprint density at radius 2 is 2.24 bits per heavy atom. The molecule has 0 saturated carbocycles. The fraction of sp³-hybridized carbons (Fsp3) is 0.462. The summed E-state index contributed by atoms with van der Waals surface area (Å²) in [7, 11) is 0. The van der Waals surface area contributed by atoms with Gasteiger partial charge >= 0.3 is 0 Å². The van der Waals surface area contributed by atoms with Gasteiger partial charge in [0, 0.05) is 19.6 Å². The number of hydrogen-bond donors (Lipinski definition) is 1. The lowest BCUT2D eigenvalue weighted by Gasteiger charge is -2.26. The minimum atomic E-state index is -0.126. The van der Waals surface area contributed by atoms with Crippen LogP contribution in [-0.2, 0) is 13.1 Å². The Balaban J connectivity index is 1.68. The highest BCUT2D eigenvalue weighted by molar-refractivity contribution is 5.92. The SMILES string of the molecule is CCCNc1cnc(C(=O)N2CCn3cnnc3C2)cn1. The highest BCUT2D eigenvalue weighted by atomic mass is 16.2. The summed E-state index contributed by atoms with van der Waals surface area (Å²) < 4.78 is 1.95. The summed E-state index contributed by atoms with van der Waals surface area (Å²) >= 11 is 0. The van der Waals surface area contributed by atoms with Crippen LogP contribution in [0, 0.1) is 0 Å². The molecule has 0 aromatic carbocycles. The molecule has 0 bridgehead atoms. The standard InChI is InChI=1S/C13H17N7O/c1-2-3-14-11-7-15-10(6-16-11)13(21)19-4-5-20-9-17-18-12(20)8-19/h6-7,9H,2-5,8H2,1H3,(H,14,16). The molecule has 1 amide bonds. The van der Waals surface area contributed by atoms with Crippen LogP contribution in [0.3, 0.4) is 0 Å². The third-order valence-electron chi connectivity index (χ3n) is 3.35. The fourth-order valence-electron chi connectivity index (χ4n) is 2.18. The molecule has 1 N–H and O–H groups in total. The van der Waals surface area contributed by atoms with Gasteiger partial charge < -0.3 is 14.8 Å². The van der Waals surface area contributed by atoms with E-state index in [0.29, 0.717) is 31.1 Å². The van der Waals surface area contributed by atoms with E-state index in [4.69, 9.17) is 0 Å². The van der Waals surface area contributed by atoms with Crippen LogP contribution in [0.15, 0.2) is 18.7 Å². The first kappa shape index (κ1) is 13.5. The summed E-state index contributed by atoms with van der Waals surface area (Å²) in [5.74, 6) is 1.36. The molecule has 0 unspecified atom stereocenters. The van der Waals surface area contributed by atoms with Crippen LogP contribution in [0.1, 0.15) is 29.7 Å². The number of amides is 1. The third kappa shape index (κ3) is 2.83. The summed E-state index contributed by atoms with van der Waals surface area (Å²) in [5, 5.41) is 11.0. The molecule has 8 nitrogen and oxygen atoms in total. The number of carbonyl (C=O) groups excluding carboxylic acids is 1. The van der Waals surface area contributed by atoms with Gasteiger partial charge in [-0.3, -0.25) is 4.79 Å². The van der Waals surface area contributed by atoms with Gasteiger partial charge in [-0.25, -0.2) is 9.97 Å².